The molecule has 2 aromatic heterocycles. The van der Waals surface area contributed by atoms with Gasteiger partial charge in [-0.2, -0.15) is 5.26 Å². The number of aryl methyl sites for hydroxylation is 1. The number of nitriles is 1. The molecule has 3 rings (SSSR count). The van der Waals surface area contributed by atoms with Crippen LogP contribution in [-0.4, -0.2) is 25.4 Å². The number of rotatable bonds is 2. The molecule has 0 radical (unpaired) electrons. The molecule has 1 aliphatic carbocycles. The molecule has 1 fully saturated rings. The molecule has 1 aliphatic rings. The van der Waals surface area contributed by atoms with Gasteiger partial charge >= 0.3 is 5.69 Å². The van der Waals surface area contributed by atoms with Gasteiger partial charge in [-0.05, 0) is 19.1 Å². The number of imidazole rings is 1. The molecule has 2 aromatic rings. The van der Waals surface area contributed by atoms with Crippen LogP contribution in [0.4, 0.5) is 0 Å². The highest BCUT2D eigenvalue weighted by Crippen LogP contribution is 2.37. The van der Waals surface area contributed by atoms with Crippen LogP contribution in [0.15, 0.2) is 16.1 Å². The lowest BCUT2D eigenvalue weighted by Gasteiger charge is -2.31. The molecular weight excluding hydrogens is 262 g/mol. The number of thioether (sulfide) groups is 1. The molecule has 0 bridgehead atoms. The molecule has 1 saturated carbocycles. The van der Waals surface area contributed by atoms with Crippen LogP contribution in [-0.2, 0) is 7.05 Å². The fraction of sp³-hybridized carbons (Fsp3) is 0.500. The Bertz CT molecular complexity index is 735. The minimum Gasteiger partial charge on any atom is -0.292 e. The second-order valence-electron chi connectivity index (χ2n) is 4.73. The van der Waals surface area contributed by atoms with Crippen LogP contribution in [0.2, 0.25) is 0 Å². The Labute approximate surface area is 114 Å². The van der Waals surface area contributed by atoms with E-state index in [1.807, 2.05) is 6.26 Å². The number of hydrogen-bond donors (Lipinski definition) is 0. The average Bonchev–Trinajstić information content (AvgIpc) is 2.62. The van der Waals surface area contributed by atoms with Crippen molar-refractivity contribution in [3.63, 3.8) is 0 Å². The molecule has 7 heteroatoms. The molecule has 0 spiro atoms. The lowest BCUT2D eigenvalue weighted by Crippen LogP contribution is -2.33. The van der Waals surface area contributed by atoms with Crippen molar-refractivity contribution >= 4 is 22.9 Å². The predicted molar refractivity (Wildman–Crippen MR) is 71.9 cm³/mol. The number of aromatic nitrogens is 4. The summed E-state index contributed by atoms with van der Waals surface area (Å²) in [7, 11) is 1.73. The topological polar surface area (TPSA) is 76.5 Å². The molecule has 0 aliphatic heterocycles. The van der Waals surface area contributed by atoms with Gasteiger partial charge in [0.1, 0.15) is 5.52 Å². The van der Waals surface area contributed by atoms with Crippen molar-refractivity contribution < 1.29 is 0 Å². The normalized spacial score (nSPS) is 22.2. The summed E-state index contributed by atoms with van der Waals surface area (Å²) in [6, 6.07) is 2.33. The second-order valence-corrected chi connectivity index (χ2v) is 5.50. The van der Waals surface area contributed by atoms with Gasteiger partial charge in [-0.15, -0.1) is 0 Å². The van der Waals surface area contributed by atoms with E-state index in [4.69, 9.17) is 5.26 Å². The van der Waals surface area contributed by atoms with Gasteiger partial charge in [0.05, 0.1) is 18.2 Å². The molecule has 0 amide bonds. The Kier molecular flexibility index (Phi) is 2.82. The van der Waals surface area contributed by atoms with Crippen LogP contribution in [0.25, 0.3) is 11.2 Å². The van der Waals surface area contributed by atoms with E-state index in [0.717, 1.165) is 18.4 Å². The van der Waals surface area contributed by atoms with Crippen LogP contribution in [0.1, 0.15) is 18.9 Å². The summed E-state index contributed by atoms with van der Waals surface area (Å²) in [6.45, 7) is 0. The Morgan fingerprint density at radius 1 is 1.53 bits per heavy atom. The van der Waals surface area contributed by atoms with Crippen LogP contribution in [0.5, 0.6) is 0 Å². The number of hydrogen-bond acceptors (Lipinski definition) is 5. The summed E-state index contributed by atoms with van der Waals surface area (Å²) in [5.41, 5.74) is 1.33. The van der Waals surface area contributed by atoms with Gasteiger partial charge in [-0.25, -0.2) is 14.8 Å². The standard InChI is InChI=1S/C12H13N5OS/c1-16-9-6-14-11(19-2)15-10(9)17(12(16)18)8-3-7(4-8)5-13/h6-8H,3-4H2,1-2H3/t7-,8-. The maximum Gasteiger partial charge on any atom is 0.330 e. The van der Waals surface area contributed by atoms with Crippen LogP contribution >= 0.6 is 11.8 Å². The Balaban J connectivity index is 2.15. The summed E-state index contributed by atoms with van der Waals surface area (Å²) < 4.78 is 3.28. The minimum absolute atomic E-state index is 0.0639. The second kappa shape index (κ2) is 4.38. The third-order valence-corrected chi connectivity index (χ3v) is 4.22. The van der Waals surface area contributed by atoms with Crippen molar-refractivity contribution in [1.29, 1.82) is 5.26 Å². The lowest BCUT2D eigenvalue weighted by atomic mass is 9.81. The van der Waals surface area contributed by atoms with Crippen molar-refractivity contribution in [2.24, 2.45) is 13.0 Å². The van der Waals surface area contributed by atoms with E-state index in [9.17, 15) is 4.79 Å². The minimum atomic E-state index is -0.0797. The smallest absolute Gasteiger partial charge is 0.292 e. The van der Waals surface area contributed by atoms with E-state index in [0.29, 0.717) is 10.8 Å². The molecule has 98 valence electrons. The van der Waals surface area contributed by atoms with Crippen molar-refractivity contribution in [3.8, 4) is 6.07 Å². The maximum atomic E-state index is 12.3. The van der Waals surface area contributed by atoms with Gasteiger partial charge in [0.25, 0.3) is 0 Å². The molecule has 0 atom stereocenters. The highest BCUT2D eigenvalue weighted by molar-refractivity contribution is 7.98. The molecule has 0 saturated heterocycles. The fourth-order valence-electron chi connectivity index (χ4n) is 2.45. The van der Waals surface area contributed by atoms with Crippen molar-refractivity contribution in [1.82, 2.24) is 19.1 Å². The van der Waals surface area contributed by atoms with Crippen molar-refractivity contribution in [2.45, 2.75) is 24.0 Å². The van der Waals surface area contributed by atoms with Gasteiger partial charge in [-0.1, -0.05) is 11.8 Å². The molecule has 0 unspecified atom stereocenters. The van der Waals surface area contributed by atoms with E-state index in [1.165, 1.54) is 11.8 Å². The van der Waals surface area contributed by atoms with Crippen LogP contribution in [0, 0.1) is 17.2 Å². The molecule has 0 aromatic carbocycles. The van der Waals surface area contributed by atoms with Crippen molar-refractivity contribution in [2.75, 3.05) is 6.26 Å². The SMILES string of the molecule is CSc1ncc2c(n1)n([C@H]1C[C@H](C#N)C1)c(=O)n2C. The average molecular weight is 275 g/mol. The van der Waals surface area contributed by atoms with E-state index in [1.54, 1.807) is 22.4 Å². The van der Waals surface area contributed by atoms with Gasteiger partial charge in [0, 0.05) is 13.1 Å². The van der Waals surface area contributed by atoms with E-state index in [2.05, 4.69) is 16.0 Å². The summed E-state index contributed by atoms with van der Waals surface area (Å²) >= 11 is 1.45. The summed E-state index contributed by atoms with van der Waals surface area (Å²) in [5.74, 6) is 0.0639. The molecule has 2 heterocycles. The first-order chi connectivity index (χ1) is 9.15. The Morgan fingerprint density at radius 2 is 2.26 bits per heavy atom. The zero-order chi connectivity index (χ0) is 13.6. The third-order valence-electron chi connectivity index (χ3n) is 3.65. The Morgan fingerprint density at radius 3 is 2.89 bits per heavy atom. The lowest BCUT2D eigenvalue weighted by molar-refractivity contribution is 0.246. The van der Waals surface area contributed by atoms with Crippen molar-refractivity contribution in [3.05, 3.63) is 16.7 Å². The predicted octanol–water partition coefficient (Wildman–Crippen LogP) is 1.33. The van der Waals surface area contributed by atoms with Gasteiger partial charge in [0.15, 0.2) is 10.8 Å². The highest BCUT2D eigenvalue weighted by atomic mass is 32.2. The van der Waals surface area contributed by atoms with E-state index < -0.39 is 0 Å². The first-order valence-electron chi connectivity index (χ1n) is 6.03. The van der Waals surface area contributed by atoms with Gasteiger partial charge < -0.3 is 0 Å². The van der Waals surface area contributed by atoms with Crippen LogP contribution in [0.3, 0.4) is 0 Å². The third kappa shape index (κ3) is 1.75. The molecule has 6 nitrogen and oxygen atoms in total. The first-order valence-corrected chi connectivity index (χ1v) is 7.25. The summed E-state index contributed by atoms with van der Waals surface area (Å²) in [4.78, 5) is 20.9. The number of nitrogens with zero attached hydrogens (tertiary/aromatic N) is 5. The fourth-order valence-corrected chi connectivity index (χ4v) is 2.79. The van der Waals surface area contributed by atoms with Gasteiger partial charge in [-0.3, -0.25) is 9.13 Å². The first kappa shape index (κ1) is 12.2. The summed E-state index contributed by atoms with van der Waals surface area (Å²) in [6.07, 6.45) is 5.05. The monoisotopic (exact) mass is 275 g/mol. The zero-order valence-corrected chi connectivity index (χ0v) is 11.5. The summed E-state index contributed by atoms with van der Waals surface area (Å²) in [5, 5.41) is 9.50. The zero-order valence-electron chi connectivity index (χ0n) is 10.7. The molecular formula is C12H13N5OS. The number of fused-ring (bicyclic) bond motifs is 1. The quantitative estimate of drug-likeness (QED) is 0.610. The van der Waals surface area contributed by atoms with E-state index in [-0.39, 0.29) is 17.6 Å². The highest BCUT2D eigenvalue weighted by Gasteiger charge is 2.33. The van der Waals surface area contributed by atoms with Crippen LogP contribution < -0.4 is 5.69 Å². The largest absolute Gasteiger partial charge is 0.330 e. The Hall–Kier alpha value is -1.81. The van der Waals surface area contributed by atoms with E-state index >= 15 is 0 Å². The maximum absolute atomic E-state index is 12.3. The molecule has 19 heavy (non-hydrogen) atoms. The molecule has 0 N–H and O–H groups in total. The van der Waals surface area contributed by atoms with Gasteiger partial charge in [0.2, 0.25) is 0 Å².